The van der Waals surface area contributed by atoms with Gasteiger partial charge in [0, 0.05) is 0 Å². The van der Waals surface area contributed by atoms with Crippen LogP contribution in [0.5, 0.6) is 0 Å². The first-order valence-electron chi connectivity index (χ1n) is 2.90. The summed E-state index contributed by atoms with van der Waals surface area (Å²) in [7, 11) is 0. The second kappa shape index (κ2) is 1.76. The monoisotopic (exact) mass is 135 g/mol. The molecule has 0 bridgehead atoms. The van der Waals surface area contributed by atoms with Gasteiger partial charge in [0.15, 0.2) is 5.76 Å². The first-order valence-corrected chi connectivity index (χ1v) is 2.90. The summed E-state index contributed by atoms with van der Waals surface area (Å²) in [4.78, 5) is 7.92. The van der Waals surface area contributed by atoms with Crippen LogP contribution in [-0.4, -0.2) is 15.1 Å². The Morgan fingerprint density at radius 1 is 1.40 bits per heavy atom. The summed E-state index contributed by atoms with van der Waals surface area (Å²) >= 11 is 0. The van der Waals surface area contributed by atoms with Crippen molar-refractivity contribution in [2.75, 3.05) is 0 Å². The van der Waals surface area contributed by atoms with Crippen LogP contribution in [0.4, 0.5) is 0 Å². The third kappa shape index (κ3) is 0.586. The summed E-state index contributed by atoms with van der Waals surface area (Å²) in [5, 5.41) is 3.61. The fourth-order valence-corrected chi connectivity index (χ4v) is 0.840. The first-order chi connectivity index (χ1) is 4.88. The maximum Gasteiger partial charge on any atom is 0.159 e. The van der Waals surface area contributed by atoms with Crippen LogP contribution in [0.2, 0.25) is 0 Å². The molecule has 0 aromatic heterocycles. The second-order valence-corrected chi connectivity index (χ2v) is 1.99. The molecule has 0 unspecified atom stereocenters. The lowest BCUT2D eigenvalue weighted by Gasteiger charge is -1.93. The zero-order valence-corrected chi connectivity index (χ0v) is 5.40. The normalized spacial score (nSPS) is 10.5. The number of fused-ring (bicyclic) bond motifs is 1. The van der Waals surface area contributed by atoms with E-state index in [4.69, 9.17) is 4.52 Å². The van der Waals surface area contributed by atoms with Gasteiger partial charge < -0.3 is 4.52 Å². The zero-order chi connectivity index (χ0) is 6.97. The molecule has 4 nitrogen and oxygen atoms in total. The lowest BCUT2D eigenvalue weighted by molar-refractivity contribution is 0.376. The molecule has 0 fully saturated rings. The molecule has 0 aliphatic carbocycles. The van der Waals surface area contributed by atoms with Crippen LogP contribution in [0.25, 0.3) is 11.4 Å². The van der Waals surface area contributed by atoms with Crippen LogP contribution < -0.4 is 0 Å². The molecular weight excluding hydrogens is 130 g/mol. The van der Waals surface area contributed by atoms with Gasteiger partial charge in [0.2, 0.25) is 0 Å². The fourth-order valence-electron chi connectivity index (χ4n) is 0.840. The molecule has 2 aliphatic heterocycles. The molecule has 0 amide bonds. The maximum atomic E-state index is 4.85. The van der Waals surface area contributed by atoms with E-state index in [-0.39, 0.29) is 0 Å². The summed E-state index contributed by atoms with van der Waals surface area (Å²) in [6, 6.07) is 0. The minimum absolute atomic E-state index is 0.704. The Kier molecular flexibility index (Phi) is 0.943. The van der Waals surface area contributed by atoms with Crippen molar-refractivity contribution in [2.45, 2.75) is 6.92 Å². The van der Waals surface area contributed by atoms with Gasteiger partial charge >= 0.3 is 0 Å². The van der Waals surface area contributed by atoms with E-state index in [0.717, 1.165) is 11.4 Å². The van der Waals surface area contributed by atoms with Crippen molar-refractivity contribution in [3.63, 3.8) is 0 Å². The quantitative estimate of drug-likeness (QED) is 0.538. The van der Waals surface area contributed by atoms with Crippen LogP contribution in [-0.2, 0) is 0 Å². The third-order valence-electron chi connectivity index (χ3n) is 1.32. The van der Waals surface area contributed by atoms with E-state index < -0.39 is 0 Å². The van der Waals surface area contributed by atoms with E-state index in [1.807, 2.05) is 6.92 Å². The number of nitrogens with zero attached hydrogens (tertiary/aromatic N) is 3. The Bertz CT molecular complexity index is 317. The van der Waals surface area contributed by atoms with E-state index >= 15 is 0 Å². The summed E-state index contributed by atoms with van der Waals surface area (Å²) < 4.78 is 4.85. The number of hydrogen-bond acceptors (Lipinski definition) is 4. The summed E-state index contributed by atoms with van der Waals surface area (Å²) in [6.07, 6.45) is 3.05. The Labute approximate surface area is 57.2 Å². The Balaban J connectivity index is 2.80. The molecular formula is C6H5N3O. The largest absolute Gasteiger partial charge is 0.359 e. The Morgan fingerprint density at radius 3 is 3.10 bits per heavy atom. The van der Waals surface area contributed by atoms with Crippen molar-refractivity contribution in [3.05, 3.63) is 18.3 Å². The highest BCUT2D eigenvalue weighted by molar-refractivity contribution is 5.54. The Morgan fingerprint density at radius 2 is 2.30 bits per heavy atom. The third-order valence-corrected chi connectivity index (χ3v) is 1.32. The van der Waals surface area contributed by atoms with Crippen molar-refractivity contribution in [3.8, 4) is 11.4 Å². The van der Waals surface area contributed by atoms with Gasteiger partial charge in [-0.15, -0.1) is 0 Å². The predicted molar refractivity (Wildman–Crippen MR) is 33.5 cm³/mol. The van der Waals surface area contributed by atoms with Crippen molar-refractivity contribution >= 4 is 0 Å². The molecule has 0 aromatic rings. The molecule has 2 aliphatic rings. The number of imidazole rings is 1. The molecule has 0 saturated heterocycles. The molecule has 2 rings (SSSR count). The molecule has 0 atom stereocenters. The highest BCUT2D eigenvalue weighted by Crippen LogP contribution is 2.17. The number of hydrogen-bond donors (Lipinski definition) is 0. The van der Waals surface area contributed by atoms with Crippen molar-refractivity contribution in [2.24, 2.45) is 0 Å². The standard InChI is InChI=1S/C6H5N3O/c1-4-6-5(2-9-10-4)7-3-8-6/h2-3H,1H3. The van der Waals surface area contributed by atoms with E-state index in [2.05, 4.69) is 15.1 Å². The highest BCUT2D eigenvalue weighted by Gasteiger charge is 2.09. The predicted octanol–water partition coefficient (Wildman–Crippen LogP) is 0.878. The Hall–Kier alpha value is -1.45. The smallest absolute Gasteiger partial charge is 0.159 e. The van der Waals surface area contributed by atoms with Gasteiger partial charge in [0.1, 0.15) is 17.7 Å². The second-order valence-electron chi connectivity index (χ2n) is 1.99. The van der Waals surface area contributed by atoms with Crippen LogP contribution in [0.15, 0.2) is 17.0 Å². The molecule has 0 N–H and O–H groups in total. The molecule has 0 saturated carbocycles. The number of rotatable bonds is 0. The molecule has 2 heterocycles. The van der Waals surface area contributed by atoms with Crippen LogP contribution in [0.1, 0.15) is 5.76 Å². The van der Waals surface area contributed by atoms with Gasteiger partial charge in [0.05, 0.1) is 6.20 Å². The summed E-state index contributed by atoms with van der Waals surface area (Å²) in [5.41, 5.74) is 1.57. The van der Waals surface area contributed by atoms with Gasteiger partial charge in [-0.25, -0.2) is 9.97 Å². The first kappa shape index (κ1) is 5.34. The van der Waals surface area contributed by atoms with Crippen molar-refractivity contribution in [1.29, 1.82) is 0 Å². The van der Waals surface area contributed by atoms with E-state index in [1.54, 1.807) is 6.20 Å². The van der Waals surface area contributed by atoms with Gasteiger partial charge in [-0.2, -0.15) is 0 Å². The van der Waals surface area contributed by atoms with Crippen LogP contribution in [0.3, 0.4) is 0 Å². The number of aryl methyl sites for hydroxylation is 1. The minimum atomic E-state index is 0.704. The summed E-state index contributed by atoms with van der Waals surface area (Å²) in [5.74, 6) is 0.704. The SMILES string of the molecule is Cc1oncc2ncnc1-2. The maximum absolute atomic E-state index is 4.85. The van der Waals surface area contributed by atoms with E-state index in [1.165, 1.54) is 6.33 Å². The number of aromatic nitrogens is 3. The molecule has 0 spiro atoms. The fraction of sp³-hybridized carbons (Fsp3) is 0.167. The van der Waals surface area contributed by atoms with Gasteiger partial charge in [-0.05, 0) is 6.92 Å². The van der Waals surface area contributed by atoms with E-state index in [0.29, 0.717) is 5.76 Å². The molecule has 0 aromatic carbocycles. The van der Waals surface area contributed by atoms with Crippen molar-refractivity contribution in [1.82, 2.24) is 15.1 Å². The molecule has 50 valence electrons. The van der Waals surface area contributed by atoms with Gasteiger partial charge in [-0.1, -0.05) is 5.16 Å². The van der Waals surface area contributed by atoms with Gasteiger partial charge in [0.25, 0.3) is 0 Å². The minimum Gasteiger partial charge on any atom is -0.359 e. The average molecular weight is 135 g/mol. The van der Waals surface area contributed by atoms with Crippen LogP contribution in [0, 0.1) is 6.92 Å². The lowest BCUT2D eigenvalue weighted by Crippen LogP contribution is -1.85. The topological polar surface area (TPSA) is 51.8 Å². The molecule has 4 heteroatoms. The summed E-state index contributed by atoms with van der Waals surface area (Å²) in [6.45, 7) is 1.81. The van der Waals surface area contributed by atoms with Crippen LogP contribution >= 0.6 is 0 Å². The molecule has 10 heavy (non-hydrogen) atoms. The van der Waals surface area contributed by atoms with Crippen molar-refractivity contribution < 1.29 is 4.52 Å². The average Bonchev–Trinajstić information content (AvgIpc) is 2.36. The molecule has 0 radical (unpaired) electrons. The zero-order valence-electron chi connectivity index (χ0n) is 5.40. The lowest BCUT2D eigenvalue weighted by atomic mass is 10.3. The highest BCUT2D eigenvalue weighted by atomic mass is 16.5. The van der Waals surface area contributed by atoms with E-state index in [9.17, 15) is 0 Å². The van der Waals surface area contributed by atoms with Gasteiger partial charge in [-0.3, -0.25) is 0 Å².